The minimum Gasteiger partial charge on any atom is -0.462 e. The number of esters is 1. The number of halogens is 2. The van der Waals surface area contributed by atoms with Crippen molar-refractivity contribution < 1.29 is 14.5 Å². The second-order valence-electron chi connectivity index (χ2n) is 2.77. The number of benzene rings is 1. The van der Waals surface area contributed by atoms with E-state index in [9.17, 15) is 14.9 Å². The zero-order valence-electron chi connectivity index (χ0n) is 8.20. The average Bonchev–Trinajstić information content (AvgIpc) is 2.21. The van der Waals surface area contributed by atoms with Crippen LogP contribution in [0.2, 0.25) is 5.02 Å². The molecule has 0 aromatic heterocycles. The zero-order chi connectivity index (χ0) is 12.3. The molecule has 86 valence electrons. The van der Waals surface area contributed by atoms with Crippen LogP contribution in [0, 0.1) is 13.7 Å². The highest BCUT2D eigenvalue weighted by Crippen LogP contribution is 2.30. The number of rotatable bonds is 3. The largest absolute Gasteiger partial charge is 0.462 e. The molecule has 0 saturated carbocycles. The van der Waals surface area contributed by atoms with E-state index in [4.69, 9.17) is 16.3 Å². The van der Waals surface area contributed by atoms with Crippen LogP contribution >= 0.6 is 34.2 Å². The molecular weight excluding hydrogens is 348 g/mol. The summed E-state index contributed by atoms with van der Waals surface area (Å²) in [5, 5.41) is 10.7. The van der Waals surface area contributed by atoms with Gasteiger partial charge in [-0.05, 0) is 35.6 Å². The number of nitrogens with zero attached hydrogens (tertiary/aromatic N) is 1. The summed E-state index contributed by atoms with van der Waals surface area (Å²) in [5.41, 5.74) is -0.168. The van der Waals surface area contributed by atoms with Crippen molar-refractivity contribution in [3.05, 3.63) is 36.4 Å². The molecule has 0 amide bonds. The van der Waals surface area contributed by atoms with Gasteiger partial charge in [-0.2, -0.15) is 0 Å². The minimum atomic E-state index is -0.632. The highest BCUT2D eigenvalue weighted by Gasteiger charge is 2.20. The van der Waals surface area contributed by atoms with E-state index < -0.39 is 10.9 Å². The van der Waals surface area contributed by atoms with Gasteiger partial charge in [0.15, 0.2) is 0 Å². The maximum atomic E-state index is 11.4. The van der Waals surface area contributed by atoms with Crippen LogP contribution in [-0.4, -0.2) is 17.5 Å². The predicted molar refractivity (Wildman–Crippen MR) is 66.8 cm³/mol. The van der Waals surface area contributed by atoms with Crippen molar-refractivity contribution in [1.29, 1.82) is 0 Å². The maximum absolute atomic E-state index is 11.4. The van der Waals surface area contributed by atoms with E-state index in [-0.39, 0.29) is 22.9 Å². The Morgan fingerprint density at radius 1 is 1.62 bits per heavy atom. The van der Waals surface area contributed by atoms with Crippen LogP contribution in [0.15, 0.2) is 12.1 Å². The maximum Gasteiger partial charge on any atom is 0.338 e. The van der Waals surface area contributed by atoms with Crippen molar-refractivity contribution in [2.24, 2.45) is 0 Å². The van der Waals surface area contributed by atoms with Gasteiger partial charge in [0.2, 0.25) is 0 Å². The van der Waals surface area contributed by atoms with Crippen LogP contribution in [0.1, 0.15) is 17.3 Å². The predicted octanol–water partition coefficient (Wildman–Crippen LogP) is 3.03. The molecular formula is C9H7ClINO4. The van der Waals surface area contributed by atoms with Gasteiger partial charge < -0.3 is 4.74 Å². The van der Waals surface area contributed by atoms with Gasteiger partial charge in [-0.15, -0.1) is 0 Å². The second kappa shape index (κ2) is 5.44. The van der Waals surface area contributed by atoms with Gasteiger partial charge in [0, 0.05) is 9.64 Å². The molecule has 1 rings (SSSR count). The molecule has 0 bridgehead atoms. The SMILES string of the molecule is CCOC(=O)c1cc(I)c(Cl)c([N+](=O)[O-])c1. The number of carbonyl (C=O) groups excluding carboxylic acids is 1. The second-order valence-corrected chi connectivity index (χ2v) is 4.31. The Balaban J connectivity index is 3.24. The molecule has 7 heteroatoms. The number of hydrogen-bond donors (Lipinski definition) is 0. The first-order valence-corrected chi connectivity index (χ1v) is 5.73. The van der Waals surface area contributed by atoms with Gasteiger partial charge >= 0.3 is 5.97 Å². The first kappa shape index (κ1) is 13.2. The molecule has 1 aromatic carbocycles. The van der Waals surface area contributed by atoms with Gasteiger partial charge in [0.25, 0.3) is 5.69 Å². The number of carbonyl (C=O) groups is 1. The molecule has 5 nitrogen and oxygen atoms in total. The van der Waals surface area contributed by atoms with Crippen molar-refractivity contribution in [2.75, 3.05) is 6.61 Å². The van der Waals surface area contributed by atoms with Crippen molar-refractivity contribution in [2.45, 2.75) is 6.92 Å². The van der Waals surface area contributed by atoms with E-state index in [1.165, 1.54) is 6.07 Å². The van der Waals surface area contributed by atoms with Crippen LogP contribution in [0.5, 0.6) is 0 Å². The monoisotopic (exact) mass is 355 g/mol. The first-order chi connectivity index (χ1) is 7.47. The number of hydrogen-bond acceptors (Lipinski definition) is 4. The van der Waals surface area contributed by atoms with Gasteiger partial charge in [-0.1, -0.05) is 11.6 Å². The van der Waals surface area contributed by atoms with Crippen LogP contribution in [0.25, 0.3) is 0 Å². The van der Waals surface area contributed by atoms with Gasteiger partial charge in [0.1, 0.15) is 5.02 Å². The summed E-state index contributed by atoms with van der Waals surface area (Å²) in [7, 11) is 0. The Morgan fingerprint density at radius 3 is 2.75 bits per heavy atom. The average molecular weight is 356 g/mol. The van der Waals surface area contributed by atoms with Crippen molar-refractivity contribution in [3.8, 4) is 0 Å². The molecule has 0 unspecified atom stereocenters. The third-order valence-electron chi connectivity index (χ3n) is 1.72. The molecule has 16 heavy (non-hydrogen) atoms. The van der Waals surface area contributed by atoms with E-state index >= 15 is 0 Å². The van der Waals surface area contributed by atoms with Crippen LogP contribution in [0.3, 0.4) is 0 Å². The van der Waals surface area contributed by atoms with Crippen LogP contribution in [0.4, 0.5) is 5.69 Å². The quantitative estimate of drug-likeness (QED) is 0.362. The molecule has 0 atom stereocenters. The summed E-state index contributed by atoms with van der Waals surface area (Å²) in [6.07, 6.45) is 0. The fourth-order valence-electron chi connectivity index (χ4n) is 1.04. The molecule has 0 fully saturated rings. The van der Waals surface area contributed by atoms with Crippen molar-refractivity contribution in [3.63, 3.8) is 0 Å². The van der Waals surface area contributed by atoms with Crippen molar-refractivity contribution in [1.82, 2.24) is 0 Å². The van der Waals surface area contributed by atoms with Crippen LogP contribution < -0.4 is 0 Å². The summed E-state index contributed by atoms with van der Waals surface area (Å²) in [4.78, 5) is 21.4. The molecule has 1 aromatic rings. The Hall–Kier alpha value is -0.890. The summed E-state index contributed by atoms with van der Waals surface area (Å²) >= 11 is 7.57. The summed E-state index contributed by atoms with van der Waals surface area (Å²) in [6, 6.07) is 2.57. The van der Waals surface area contributed by atoms with E-state index in [1.54, 1.807) is 6.92 Å². The number of nitro groups is 1. The third-order valence-corrected chi connectivity index (χ3v) is 3.28. The minimum absolute atomic E-state index is 0.0265. The van der Waals surface area contributed by atoms with Gasteiger partial charge in [-0.25, -0.2) is 4.79 Å². The number of nitro benzene ring substituents is 1. The lowest BCUT2D eigenvalue weighted by atomic mass is 10.2. The third kappa shape index (κ3) is 2.82. The summed E-state index contributed by atoms with van der Waals surface area (Å²) < 4.78 is 5.19. The Bertz CT molecular complexity index is 449. The molecule has 0 spiro atoms. The smallest absolute Gasteiger partial charge is 0.338 e. The topological polar surface area (TPSA) is 69.4 Å². The fraction of sp³-hybridized carbons (Fsp3) is 0.222. The summed E-state index contributed by atoms with van der Waals surface area (Å²) in [5.74, 6) is -0.597. The van der Waals surface area contributed by atoms with E-state index in [1.807, 2.05) is 22.6 Å². The standard InChI is InChI=1S/C9H7ClINO4/c1-2-16-9(13)5-3-6(11)8(10)7(4-5)12(14)15/h3-4H,2H2,1H3. The normalized spacial score (nSPS) is 9.94. The summed E-state index contributed by atoms with van der Waals surface area (Å²) in [6.45, 7) is 1.87. The highest BCUT2D eigenvalue weighted by molar-refractivity contribution is 14.1. The molecule has 0 aliphatic carbocycles. The lowest BCUT2D eigenvalue weighted by molar-refractivity contribution is -0.384. The van der Waals surface area contributed by atoms with Crippen molar-refractivity contribution >= 4 is 45.8 Å². The van der Waals surface area contributed by atoms with Gasteiger partial charge in [-0.3, -0.25) is 10.1 Å². The molecule has 0 heterocycles. The lowest BCUT2D eigenvalue weighted by Gasteiger charge is -2.04. The van der Waals surface area contributed by atoms with E-state index in [0.717, 1.165) is 6.07 Å². The Labute approximate surface area is 110 Å². The molecule has 0 N–H and O–H groups in total. The Morgan fingerprint density at radius 2 is 2.25 bits per heavy atom. The first-order valence-electron chi connectivity index (χ1n) is 4.28. The Kier molecular flexibility index (Phi) is 4.48. The molecule has 0 aliphatic heterocycles. The molecule has 0 radical (unpaired) electrons. The zero-order valence-corrected chi connectivity index (χ0v) is 11.1. The lowest BCUT2D eigenvalue weighted by Crippen LogP contribution is -2.06. The van der Waals surface area contributed by atoms with Crippen LogP contribution in [-0.2, 0) is 4.74 Å². The van der Waals surface area contributed by atoms with Gasteiger partial charge in [0.05, 0.1) is 17.1 Å². The highest BCUT2D eigenvalue weighted by atomic mass is 127. The number of ether oxygens (including phenoxy) is 1. The van der Waals surface area contributed by atoms with E-state index in [2.05, 4.69) is 0 Å². The van der Waals surface area contributed by atoms with E-state index in [0.29, 0.717) is 3.57 Å². The fourth-order valence-corrected chi connectivity index (χ4v) is 1.83. The molecule has 0 saturated heterocycles. The molecule has 0 aliphatic rings.